The summed E-state index contributed by atoms with van der Waals surface area (Å²) in [6.07, 6.45) is 2.03. The second kappa shape index (κ2) is 7.01. The van der Waals surface area contributed by atoms with Crippen molar-refractivity contribution in [3.05, 3.63) is 83.9 Å². The van der Waals surface area contributed by atoms with E-state index < -0.39 is 0 Å². The molecule has 0 unspecified atom stereocenters. The van der Waals surface area contributed by atoms with Gasteiger partial charge in [0.1, 0.15) is 11.6 Å². The van der Waals surface area contributed by atoms with Gasteiger partial charge in [0.25, 0.3) is 0 Å². The lowest BCUT2D eigenvalue weighted by Crippen LogP contribution is -2.08. The Morgan fingerprint density at radius 2 is 1.78 bits per heavy atom. The molecule has 1 heterocycles. The van der Waals surface area contributed by atoms with E-state index in [0.717, 1.165) is 29.2 Å². The topological polar surface area (TPSA) is 26.2 Å². The number of halogens is 1. The van der Waals surface area contributed by atoms with Crippen molar-refractivity contribution in [2.75, 3.05) is 12.4 Å². The molecule has 0 fully saturated rings. The number of methoxy groups -OCH3 is 1. The minimum absolute atomic E-state index is 0.209. The first-order chi connectivity index (χ1) is 11.3. The summed E-state index contributed by atoms with van der Waals surface area (Å²) >= 11 is 0. The summed E-state index contributed by atoms with van der Waals surface area (Å²) in [5.41, 5.74) is 3.19. The SMILES string of the molecule is COc1ccccc1NCc1cccn1Cc1ccc(F)cc1. The van der Waals surface area contributed by atoms with Crippen molar-refractivity contribution in [1.29, 1.82) is 0 Å². The molecule has 23 heavy (non-hydrogen) atoms. The molecule has 0 aliphatic rings. The molecule has 0 saturated heterocycles. The van der Waals surface area contributed by atoms with Gasteiger partial charge in [0.05, 0.1) is 19.3 Å². The maximum Gasteiger partial charge on any atom is 0.141 e. The van der Waals surface area contributed by atoms with Crippen LogP contribution in [0.1, 0.15) is 11.3 Å². The summed E-state index contributed by atoms with van der Waals surface area (Å²) in [7, 11) is 1.66. The average molecular weight is 310 g/mol. The van der Waals surface area contributed by atoms with Gasteiger partial charge < -0.3 is 14.6 Å². The van der Waals surface area contributed by atoms with Crippen LogP contribution in [-0.4, -0.2) is 11.7 Å². The molecule has 0 spiro atoms. The second-order valence-corrected chi connectivity index (χ2v) is 5.31. The van der Waals surface area contributed by atoms with E-state index in [4.69, 9.17) is 4.74 Å². The lowest BCUT2D eigenvalue weighted by Gasteiger charge is -2.13. The van der Waals surface area contributed by atoms with Crippen molar-refractivity contribution in [3.63, 3.8) is 0 Å². The highest BCUT2D eigenvalue weighted by Crippen LogP contribution is 2.23. The number of nitrogens with one attached hydrogen (secondary N) is 1. The lowest BCUT2D eigenvalue weighted by molar-refractivity contribution is 0.416. The molecule has 0 atom stereocenters. The molecule has 2 aromatic carbocycles. The van der Waals surface area contributed by atoms with Gasteiger partial charge in [-0.2, -0.15) is 0 Å². The number of aromatic nitrogens is 1. The molecule has 3 nitrogen and oxygen atoms in total. The summed E-state index contributed by atoms with van der Waals surface area (Å²) in [5, 5.41) is 3.40. The van der Waals surface area contributed by atoms with Gasteiger partial charge in [0.15, 0.2) is 0 Å². The number of anilines is 1. The fourth-order valence-corrected chi connectivity index (χ4v) is 2.53. The Hall–Kier alpha value is -2.75. The Morgan fingerprint density at radius 3 is 2.57 bits per heavy atom. The van der Waals surface area contributed by atoms with Gasteiger partial charge in [-0.3, -0.25) is 0 Å². The normalized spacial score (nSPS) is 10.5. The predicted octanol–water partition coefficient (Wildman–Crippen LogP) is 4.30. The molecule has 4 heteroatoms. The lowest BCUT2D eigenvalue weighted by atomic mass is 10.2. The summed E-state index contributed by atoms with van der Waals surface area (Å²) in [5.74, 6) is 0.614. The average Bonchev–Trinajstić information content (AvgIpc) is 3.02. The van der Waals surface area contributed by atoms with Crippen LogP contribution in [0.25, 0.3) is 0 Å². The Kier molecular flexibility index (Phi) is 4.62. The quantitative estimate of drug-likeness (QED) is 0.735. The number of benzene rings is 2. The molecule has 0 radical (unpaired) electrons. The molecule has 3 rings (SSSR count). The molecule has 118 valence electrons. The Balaban J connectivity index is 1.70. The molecule has 0 aliphatic heterocycles. The molecule has 3 aromatic rings. The molecule has 0 saturated carbocycles. The van der Waals surface area contributed by atoms with Crippen LogP contribution in [-0.2, 0) is 13.1 Å². The highest BCUT2D eigenvalue weighted by Gasteiger charge is 2.05. The van der Waals surface area contributed by atoms with Gasteiger partial charge in [0, 0.05) is 18.4 Å². The van der Waals surface area contributed by atoms with Gasteiger partial charge >= 0.3 is 0 Å². The monoisotopic (exact) mass is 310 g/mol. The van der Waals surface area contributed by atoms with Crippen molar-refractivity contribution < 1.29 is 9.13 Å². The van der Waals surface area contributed by atoms with Crippen LogP contribution in [0.15, 0.2) is 66.9 Å². The maximum atomic E-state index is 13.0. The van der Waals surface area contributed by atoms with Crippen LogP contribution in [0, 0.1) is 5.82 Å². The molecular weight excluding hydrogens is 291 g/mol. The zero-order valence-electron chi connectivity index (χ0n) is 13.0. The Labute approximate surface area is 135 Å². The smallest absolute Gasteiger partial charge is 0.141 e. The number of ether oxygens (including phenoxy) is 1. The van der Waals surface area contributed by atoms with E-state index in [9.17, 15) is 4.39 Å². The molecule has 0 bridgehead atoms. The van der Waals surface area contributed by atoms with E-state index in [1.54, 1.807) is 7.11 Å². The summed E-state index contributed by atoms with van der Waals surface area (Å²) in [6, 6.07) is 18.5. The van der Waals surface area contributed by atoms with Gasteiger partial charge in [-0.25, -0.2) is 4.39 Å². The first-order valence-corrected chi connectivity index (χ1v) is 7.51. The largest absolute Gasteiger partial charge is 0.495 e. The Bertz CT molecular complexity index is 765. The molecule has 0 aliphatic carbocycles. The third-order valence-corrected chi connectivity index (χ3v) is 3.76. The van der Waals surface area contributed by atoms with Crippen LogP contribution >= 0.6 is 0 Å². The van der Waals surface area contributed by atoms with Crippen LogP contribution in [0.3, 0.4) is 0 Å². The van der Waals surface area contributed by atoms with E-state index in [0.29, 0.717) is 6.54 Å². The maximum absolute atomic E-state index is 13.0. The third-order valence-electron chi connectivity index (χ3n) is 3.76. The highest BCUT2D eigenvalue weighted by molar-refractivity contribution is 5.56. The van der Waals surface area contributed by atoms with Gasteiger partial charge in [-0.05, 0) is 42.0 Å². The number of para-hydroxylation sites is 2. The van der Waals surface area contributed by atoms with Crippen molar-refractivity contribution in [3.8, 4) is 5.75 Å². The number of rotatable bonds is 6. The van der Waals surface area contributed by atoms with E-state index in [-0.39, 0.29) is 5.82 Å². The molecule has 1 aromatic heterocycles. The van der Waals surface area contributed by atoms with Crippen LogP contribution in [0.5, 0.6) is 5.75 Å². The first-order valence-electron chi connectivity index (χ1n) is 7.51. The summed E-state index contributed by atoms with van der Waals surface area (Å²) in [6.45, 7) is 1.41. The number of nitrogens with zero attached hydrogens (tertiary/aromatic N) is 1. The second-order valence-electron chi connectivity index (χ2n) is 5.31. The fourth-order valence-electron chi connectivity index (χ4n) is 2.53. The van der Waals surface area contributed by atoms with Crippen LogP contribution in [0.2, 0.25) is 0 Å². The first kappa shape index (κ1) is 15.2. The van der Waals surface area contributed by atoms with E-state index in [2.05, 4.69) is 16.0 Å². The van der Waals surface area contributed by atoms with Gasteiger partial charge in [-0.15, -0.1) is 0 Å². The minimum Gasteiger partial charge on any atom is -0.495 e. The van der Waals surface area contributed by atoms with E-state index in [1.165, 1.54) is 12.1 Å². The molecular formula is C19H19FN2O. The third kappa shape index (κ3) is 3.72. The van der Waals surface area contributed by atoms with Gasteiger partial charge in [0.2, 0.25) is 0 Å². The van der Waals surface area contributed by atoms with E-state index in [1.807, 2.05) is 48.7 Å². The number of hydrogen-bond acceptors (Lipinski definition) is 2. The van der Waals surface area contributed by atoms with Crippen molar-refractivity contribution >= 4 is 5.69 Å². The molecule has 1 N–H and O–H groups in total. The molecule has 0 amide bonds. The van der Waals surface area contributed by atoms with Crippen LogP contribution < -0.4 is 10.1 Å². The zero-order valence-corrected chi connectivity index (χ0v) is 13.0. The van der Waals surface area contributed by atoms with Crippen molar-refractivity contribution in [2.45, 2.75) is 13.1 Å². The summed E-state index contributed by atoms with van der Waals surface area (Å²) < 4.78 is 20.5. The highest BCUT2D eigenvalue weighted by atomic mass is 19.1. The minimum atomic E-state index is -0.209. The summed E-state index contributed by atoms with van der Waals surface area (Å²) in [4.78, 5) is 0. The van der Waals surface area contributed by atoms with Gasteiger partial charge in [-0.1, -0.05) is 24.3 Å². The van der Waals surface area contributed by atoms with E-state index >= 15 is 0 Å². The zero-order chi connectivity index (χ0) is 16.1. The van der Waals surface area contributed by atoms with Crippen molar-refractivity contribution in [1.82, 2.24) is 4.57 Å². The number of hydrogen-bond donors (Lipinski definition) is 1. The van der Waals surface area contributed by atoms with Crippen LogP contribution in [0.4, 0.5) is 10.1 Å². The Morgan fingerprint density at radius 1 is 1.00 bits per heavy atom. The van der Waals surface area contributed by atoms with Crippen molar-refractivity contribution in [2.24, 2.45) is 0 Å². The standard InChI is InChI=1S/C19H19FN2O/c1-23-19-7-3-2-6-18(19)21-13-17-5-4-12-22(17)14-15-8-10-16(20)11-9-15/h2-12,21H,13-14H2,1H3. The fraction of sp³-hybridized carbons (Fsp3) is 0.158. The predicted molar refractivity (Wildman–Crippen MR) is 90.3 cm³/mol.